The molecule has 2 heterocycles. The van der Waals surface area contributed by atoms with Crippen molar-refractivity contribution in [1.29, 1.82) is 0 Å². The van der Waals surface area contributed by atoms with Gasteiger partial charge in [-0.3, -0.25) is 4.79 Å². The van der Waals surface area contributed by atoms with Crippen molar-refractivity contribution in [2.75, 3.05) is 10.7 Å². The maximum atomic E-state index is 12.0. The molecule has 0 saturated carbocycles. The van der Waals surface area contributed by atoms with E-state index in [1.54, 1.807) is 18.3 Å². The third kappa shape index (κ3) is 3.19. The molecule has 0 radical (unpaired) electrons. The van der Waals surface area contributed by atoms with Gasteiger partial charge < -0.3 is 10.7 Å². The number of pyridine rings is 2. The smallest absolute Gasteiger partial charge is 0.258 e. The van der Waals surface area contributed by atoms with Crippen LogP contribution in [0.3, 0.4) is 0 Å². The van der Waals surface area contributed by atoms with E-state index in [-0.39, 0.29) is 10.9 Å². The number of halogens is 2. The molecule has 0 aromatic carbocycles. The van der Waals surface area contributed by atoms with Crippen LogP contribution >= 0.6 is 27.5 Å². The normalized spacial score (nSPS) is 10.1. The maximum Gasteiger partial charge on any atom is 0.258 e. The summed E-state index contributed by atoms with van der Waals surface area (Å²) in [5, 5.41) is 2.90. The third-order valence-corrected chi connectivity index (χ3v) is 3.16. The molecular formula is C11H9BrClN5O. The molecule has 0 saturated heterocycles. The van der Waals surface area contributed by atoms with Crippen LogP contribution in [-0.2, 0) is 0 Å². The summed E-state index contributed by atoms with van der Waals surface area (Å²) in [4.78, 5) is 20.0. The van der Waals surface area contributed by atoms with E-state index < -0.39 is 0 Å². The number of nitrogen functional groups attached to an aromatic ring is 1. The molecule has 19 heavy (non-hydrogen) atoms. The number of hydrogen-bond donors (Lipinski definition) is 3. The predicted molar refractivity (Wildman–Crippen MR) is 76.9 cm³/mol. The molecule has 0 unspecified atom stereocenters. The number of nitrogens with two attached hydrogens (primary N) is 1. The minimum atomic E-state index is -0.364. The molecule has 6 nitrogen and oxygen atoms in total. The number of carbonyl (C=O) groups is 1. The number of amides is 1. The fourth-order valence-electron chi connectivity index (χ4n) is 1.33. The summed E-state index contributed by atoms with van der Waals surface area (Å²) in [5.74, 6) is 5.57. The van der Waals surface area contributed by atoms with Crippen molar-refractivity contribution >= 4 is 45.1 Å². The van der Waals surface area contributed by atoms with E-state index in [1.807, 2.05) is 0 Å². The van der Waals surface area contributed by atoms with Gasteiger partial charge in [-0.2, -0.15) is 0 Å². The second-order valence-electron chi connectivity index (χ2n) is 3.49. The first kappa shape index (κ1) is 13.7. The third-order valence-electron chi connectivity index (χ3n) is 2.23. The summed E-state index contributed by atoms with van der Waals surface area (Å²) in [5.41, 5.74) is 2.63. The first-order valence-corrected chi connectivity index (χ1v) is 6.33. The average Bonchev–Trinajstić information content (AvgIpc) is 2.41. The molecule has 0 spiro atoms. The van der Waals surface area contributed by atoms with Crippen molar-refractivity contribution in [3.05, 3.63) is 45.7 Å². The van der Waals surface area contributed by atoms with Crippen LogP contribution in [0.4, 0.5) is 11.6 Å². The molecule has 0 aliphatic rings. The van der Waals surface area contributed by atoms with E-state index >= 15 is 0 Å². The average molecular weight is 343 g/mol. The van der Waals surface area contributed by atoms with Crippen LogP contribution in [0.15, 0.2) is 35.1 Å². The van der Waals surface area contributed by atoms with E-state index in [2.05, 4.69) is 36.6 Å². The van der Waals surface area contributed by atoms with Crippen molar-refractivity contribution in [2.45, 2.75) is 0 Å². The maximum absolute atomic E-state index is 12.0. The topological polar surface area (TPSA) is 92.9 Å². The van der Waals surface area contributed by atoms with E-state index in [0.717, 1.165) is 0 Å². The van der Waals surface area contributed by atoms with Crippen molar-refractivity contribution in [1.82, 2.24) is 9.97 Å². The summed E-state index contributed by atoms with van der Waals surface area (Å²) in [6.07, 6.45) is 2.94. The van der Waals surface area contributed by atoms with Crippen LogP contribution in [0.2, 0.25) is 5.02 Å². The highest BCUT2D eigenvalue weighted by Crippen LogP contribution is 2.21. The van der Waals surface area contributed by atoms with Crippen LogP contribution < -0.4 is 16.6 Å². The van der Waals surface area contributed by atoms with Crippen LogP contribution in [0.5, 0.6) is 0 Å². The lowest BCUT2D eigenvalue weighted by molar-refractivity contribution is 0.102. The molecule has 1 amide bonds. The van der Waals surface area contributed by atoms with Gasteiger partial charge in [0.1, 0.15) is 5.82 Å². The van der Waals surface area contributed by atoms with Gasteiger partial charge in [0.2, 0.25) is 0 Å². The lowest BCUT2D eigenvalue weighted by atomic mass is 10.2. The fraction of sp³-hybridized carbons (Fsp3) is 0. The molecule has 2 rings (SSSR count). The minimum absolute atomic E-state index is 0.259. The largest absolute Gasteiger partial charge is 0.307 e. The zero-order valence-electron chi connectivity index (χ0n) is 9.52. The summed E-state index contributed by atoms with van der Waals surface area (Å²) >= 11 is 9.19. The van der Waals surface area contributed by atoms with Gasteiger partial charge in [-0.1, -0.05) is 11.6 Å². The molecule has 0 aliphatic carbocycles. The Labute approximate surface area is 122 Å². The number of nitrogens with zero attached hydrogens (tertiary/aromatic N) is 2. The number of aromatic nitrogens is 2. The van der Waals surface area contributed by atoms with Gasteiger partial charge in [0, 0.05) is 12.4 Å². The Morgan fingerprint density at radius 2 is 2.16 bits per heavy atom. The molecule has 2 aromatic heterocycles. The summed E-state index contributed by atoms with van der Waals surface area (Å²) < 4.78 is 0.683. The Morgan fingerprint density at radius 3 is 2.79 bits per heavy atom. The number of carbonyl (C=O) groups excluding carboxylic acids is 1. The molecular weight excluding hydrogens is 334 g/mol. The van der Waals surface area contributed by atoms with Crippen molar-refractivity contribution in [3.8, 4) is 0 Å². The highest BCUT2D eigenvalue weighted by Gasteiger charge is 2.11. The number of hydrogen-bond acceptors (Lipinski definition) is 5. The first-order valence-electron chi connectivity index (χ1n) is 5.16. The number of rotatable bonds is 3. The molecule has 0 bridgehead atoms. The Bertz CT molecular complexity index is 622. The quantitative estimate of drug-likeness (QED) is 0.588. The summed E-state index contributed by atoms with van der Waals surface area (Å²) in [7, 11) is 0. The standard InChI is InChI=1S/C11H9BrClN5O/c12-7-2-1-3-15-9(7)17-11(19)6-4-8(13)10(18-14)16-5-6/h1-5H,14H2,(H,16,18)(H,15,17,19). The second-order valence-corrected chi connectivity index (χ2v) is 4.75. The van der Waals surface area contributed by atoms with Crippen molar-refractivity contribution < 1.29 is 4.79 Å². The zero-order valence-corrected chi connectivity index (χ0v) is 11.9. The van der Waals surface area contributed by atoms with E-state index in [9.17, 15) is 4.79 Å². The Balaban J connectivity index is 2.21. The van der Waals surface area contributed by atoms with Gasteiger partial charge in [-0.25, -0.2) is 15.8 Å². The predicted octanol–water partition coefficient (Wildman–Crippen LogP) is 2.43. The Morgan fingerprint density at radius 1 is 1.37 bits per heavy atom. The first-order chi connectivity index (χ1) is 9.11. The number of nitrogens with one attached hydrogen (secondary N) is 2. The zero-order chi connectivity index (χ0) is 13.8. The summed E-state index contributed by atoms with van der Waals surface area (Å²) in [6, 6.07) is 4.99. The number of anilines is 2. The monoisotopic (exact) mass is 341 g/mol. The second kappa shape index (κ2) is 5.96. The van der Waals surface area contributed by atoms with Gasteiger partial charge in [-0.15, -0.1) is 0 Å². The van der Waals surface area contributed by atoms with E-state index in [1.165, 1.54) is 12.3 Å². The highest BCUT2D eigenvalue weighted by molar-refractivity contribution is 9.10. The van der Waals surface area contributed by atoms with Crippen LogP contribution in [-0.4, -0.2) is 15.9 Å². The van der Waals surface area contributed by atoms with Gasteiger partial charge >= 0.3 is 0 Å². The van der Waals surface area contributed by atoms with Crippen molar-refractivity contribution in [2.24, 2.45) is 5.84 Å². The Hall–Kier alpha value is -1.70. The lowest BCUT2D eigenvalue weighted by Gasteiger charge is -2.07. The molecule has 98 valence electrons. The van der Waals surface area contributed by atoms with Gasteiger partial charge in [0.05, 0.1) is 15.1 Å². The molecule has 0 fully saturated rings. The fourth-order valence-corrected chi connectivity index (χ4v) is 1.90. The number of hydrazine groups is 1. The van der Waals surface area contributed by atoms with Crippen LogP contribution in [0.1, 0.15) is 10.4 Å². The molecule has 0 atom stereocenters. The summed E-state index contributed by atoms with van der Waals surface area (Å²) in [6.45, 7) is 0. The SMILES string of the molecule is NNc1ncc(C(=O)Nc2ncccc2Br)cc1Cl. The van der Waals surface area contributed by atoms with Crippen molar-refractivity contribution in [3.63, 3.8) is 0 Å². The van der Waals surface area contributed by atoms with E-state index in [4.69, 9.17) is 17.4 Å². The molecule has 8 heteroatoms. The highest BCUT2D eigenvalue weighted by atomic mass is 79.9. The van der Waals surface area contributed by atoms with Gasteiger partial charge in [-0.05, 0) is 34.1 Å². The molecule has 0 aliphatic heterocycles. The van der Waals surface area contributed by atoms with Gasteiger partial charge in [0.25, 0.3) is 5.91 Å². The van der Waals surface area contributed by atoms with Gasteiger partial charge in [0.15, 0.2) is 5.82 Å². The molecule has 4 N–H and O–H groups in total. The Kier molecular flexibility index (Phi) is 4.31. The molecule has 2 aromatic rings. The van der Waals surface area contributed by atoms with E-state index in [0.29, 0.717) is 21.7 Å². The van der Waals surface area contributed by atoms with Crippen LogP contribution in [0.25, 0.3) is 0 Å². The minimum Gasteiger partial charge on any atom is -0.307 e. The lowest BCUT2D eigenvalue weighted by Crippen LogP contribution is -2.15. The van der Waals surface area contributed by atoms with Crippen LogP contribution in [0, 0.1) is 0 Å².